The number of hydrogen-bond donors (Lipinski definition) is 1. The minimum absolute atomic E-state index is 0.0568. The summed E-state index contributed by atoms with van der Waals surface area (Å²) in [5, 5.41) is 0.677. The Bertz CT molecular complexity index is 571. The van der Waals surface area contributed by atoms with Gasteiger partial charge in [0.1, 0.15) is 5.82 Å². The lowest BCUT2D eigenvalue weighted by molar-refractivity contribution is 0.585. The van der Waals surface area contributed by atoms with Gasteiger partial charge >= 0.3 is 0 Å². The van der Waals surface area contributed by atoms with Crippen LogP contribution in [-0.2, 0) is 6.42 Å². The molecule has 0 radical (unpaired) electrons. The Balaban J connectivity index is 2.27. The smallest absolute Gasteiger partial charge is 0.137 e. The van der Waals surface area contributed by atoms with E-state index in [0.29, 0.717) is 16.3 Å². The molecule has 1 nitrogen and oxygen atoms in total. The van der Waals surface area contributed by atoms with E-state index in [2.05, 4.69) is 0 Å². The van der Waals surface area contributed by atoms with Crippen LogP contribution in [0.3, 0.4) is 0 Å². The molecule has 20 heavy (non-hydrogen) atoms. The van der Waals surface area contributed by atoms with E-state index in [-0.39, 0.29) is 11.9 Å². The fraction of sp³-hybridized carbons (Fsp3) is 0.250. The summed E-state index contributed by atoms with van der Waals surface area (Å²) in [6, 6.07) is 12.6. The van der Waals surface area contributed by atoms with E-state index < -0.39 is 0 Å². The highest BCUT2D eigenvalue weighted by molar-refractivity contribution is 7.99. The van der Waals surface area contributed by atoms with E-state index in [1.165, 1.54) is 17.8 Å². The zero-order valence-corrected chi connectivity index (χ0v) is 12.8. The van der Waals surface area contributed by atoms with Crippen molar-refractivity contribution in [2.45, 2.75) is 35.6 Å². The third-order valence-corrected chi connectivity index (χ3v) is 4.51. The number of nitrogens with two attached hydrogens (primary N) is 1. The van der Waals surface area contributed by atoms with Gasteiger partial charge in [-0.05, 0) is 48.7 Å². The maximum absolute atomic E-state index is 14.1. The van der Waals surface area contributed by atoms with E-state index in [1.807, 2.05) is 37.3 Å². The fourth-order valence-corrected chi connectivity index (χ4v) is 2.96. The topological polar surface area (TPSA) is 26.0 Å². The van der Waals surface area contributed by atoms with E-state index >= 15 is 0 Å². The highest BCUT2D eigenvalue weighted by Gasteiger charge is 2.12. The summed E-state index contributed by atoms with van der Waals surface area (Å²) >= 11 is 7.28. The van der Waals surface area contributed by atoms with Crippen molar-refractivity contribution in [2.24, 2.45) is 5.73 Å². The molecule has 0 aliphatic heterocycles. The first-order valence-corrected chi connectivity index (χ1v) is 7.76. The molecule has 0 aromatic heterocycles. The average molecular weight is 310 g/mol. The second-order valence-corrected chi connectivity index (χ2v) is 6.18. The maximum atomic E-state index is 14.1. The molecule has 0 heterocycles. The number of hydrogen-bond acceptors (Lipinski definition) is 2. The van der Waals surface area contributed by atoms with Gasteiger partial charge in [0.15, 0.2) is 0 Å². The van der Waals surface area contributed by atoms with Crippen molar-refractivity contribution in [2.75, 3.05) is 0 Å². The average Bonchev–Trinajstić information content (AvgIpc) is 2.44. The summed E-state index contributed by atoms with van der Waals surface area (Å²) in [5.74, 6) is -0.203. The molecule has 4 heteroatoms. The zero-order chi connectivity index (χ0) is 14.5. The van der Waals surface area contributed by atoms with Crippen molar-refractivity contribution in [1.29, 1.82) is 0 Å². The highest BCUT2D eigenvalue weighted by atomic mass is 35.5. The lowest BCUT2D eigenvalue weighted by Crippen LogP contribution is -2.21. The maximum Gasteiger partial charge on any atom is 0.137 e. The van der Waals surface area contributed by atoms with Crippen LogP contribution in [0.1, 0.15) is 18.9 Å². The molecular weight excluding hydrogens is 293 g/mol. The van der Waals surface area contributed by atoms with Crippen LogP contribution in [0.25, 0.3) is 0 Å². The lowest BCUT2D eigenvalue weighted by Gasteiger charge is -2.14. The van der Waals surface area contributed by atoms with Gasteiger partial charge in [0, 0.05) is 16.0 Å². The first-order chi connectivity index (χ1) is 9.60. The summed E-state index contributed by atoms with van der Waals surface area (Å²) in [6.45, 7) is 2.04. The lowest BCUT2D eigenvalue weighted by atomic mass is 10.0. The Kier molecular flexibility index (Phi) is 5.46. The molecule has 2 rings (SSSR count). The minimum Gasteiger partial charge on any atom is -0.327 e. The molecule has 1 unspecified atom stereocenters. The van der Waals surface area contributed by atoms with Gasteiger partial charge in [0.25, 0.3) is 0 Å². The molecule has 2 N–H and O–H groups in total. The standard InChI is InChI=1S/C16H17ClFNS/c1-2-13(19)10-11-4-3-5-15(18)16(11)20-14-8-6-12(17)7-9-14/h3-9,13H,2,10,19H2,1H3. The quantitative estimate of drug-likeness (QED) is 0.849. The molecule has 0 aliphatic carbocycles. The van der Waals surface area contributed by atoms with Crippen LogP contribution in [0.2, 0.25) is 5.02 Å². The third kappa shape index (κ3) is 3.98. The first-order valence-electron chi connectivity index (χ1n) is 6.56. The SMILES string of the molecule is CCC(N)Cc1cccc(F)c1Sc1ccc(Cl)cc1. The Morgan fingerprint density at radius 2 is 1.90 bits per heavy atom. The van der Waals surface area contributed by atoms with Crippen molar-refractivity contribution >= 4 is 23.4 Å². The third-order valence-electron chi connectivity index (χ3n) is 3.09. The summed E-state index contributed by atoms with van der Waals surface area (Å²) in [7, 11) is 0. The molecule has 0 aliphatic rings. The van der Waals surface area contributed by atoms with Gasteiger partial charge in [-0.25, -0.2) is 4.39 Å². The largest absolute Gasteiger partial charge is 0.327 e. The zero-order valence-electron chi connectivity index (χ0n) is 11.3. The van der Waals surface area contributed by atoms with Gasteiger partial charge in [0.2, 0.25) is 0 Å². The molecular formula is C16H17ClFNS. The van der Waals surface area contributed by atoms with Gasteiger partial charge in [0.05, 0.1) is 4.90 Å². The predicted octanol–water partition coefficient (Wildman–Crippen LogP) is 4.91. The van der Waals surface area contributed by atoms with Gasteiger partial charge in [-0.1, -0.05) is 42.4 Å². The fourth-order valence-electron chi connectivity index (χ4n) is 1.88. The minimum atomic E-state index is -0.203. The van der Waals surface area contributed by atoms with Gasteiger partial charge in [-0.2, -0.15) is 0 Å². The first kappa shape index (κ1) is 15.4. The van der Waals surface area contributed by atoms with E-state index in [1.54, 1.807) is 6.07 Å². The van der Waals surface area contributed by atoms with Crippen molar-refractivity contribution in [3.63, 3.8) is 0 Å². The van der Waals surface area contributed by atoms with Crippen LogP contribution in [0.15, 0.2) is 52.3 Å². The van der Waals surface area contributed by atoms with Crippen molar-refractivity contribution < 1.29 is 4.39 Å². The molecule has 0 bridgehead atoms. The van der Waals surface area contributed by atoms with Gasteiger partial charge < -0.3 is 5.73 Å². The monoisotopic (exact) mass is 309 g/mol. The van der Waals surface area contributed by atoms with Crippen molar-refractivity contribution in [3.05, 3.63) is 58.9 Å². The molecule has 106 valence electrons. The molecule has 0 spiro atoms. The summed E-state index contributed by atoms with van der Waals surface area (Å²) < 4.78 is 14.1. The van der Waals surface area contributed by atoms with Crippen molar-refractivity contribution in [3.8, 4) is 0 Å². The van der Waals surface area contributed by atoms with E-state index in [4.69, 9.17) is 17.3 Å². The van der Waals surface area contributed by atoms with E-state index in [9.17, 15) is 4.39 Å². The molecule has 0 amide bonds. The van der Waals surface area contributed by atoms with Crippen LogP contribution >= 0.6 is 23.4 Å². The summed E-state index contributed by atoms with van der Waals surface area (Å²) in [5.41, 5.74) is 6.95. The summed E-state index contributed by atoms with van der Waals surface area (Å²) in [4.78, 5) is 1.62. The number of benzene rings is 2. The predicted molar refractivity (Wildman–Crippen MR) is 83.9 cm³/mol. The molecule has 2 aromatic rings. The molecule has 0 saturated heterocycles. The second kappa shape index (κ2) is 7.11. The second-order valence-electron chi connectivity index (χ2n) is 4.66. The van der Waals surface area contributed by atoms with Crippen molar-refractivity contribution in [1.82, 2.24) is 0 Å². The Morgan fingerprint density at radius 3 is 2.55 bits per heavy atom. The highest BCUT2D eigenvalue weighted by Crippen LogP contribution is 2.33. The molecule has 1 atom stereocenters. The van der Waals surface area contributed by atoms with Crippen LogP contribution in [0.5, 0.6) is 0 Å². The number of rotatable bonds is 5. The molecule has 0 fully saturated rings. The Labute approximate surface area is 128 Å². The molecule has 2 aromatic carbocycles. The number of halogens is 2. The van der Waals surface area contributed by atoms with Crippen LogP contribution in [0.4, 0.5) is 4.39 Å². The Morgan fingerprint density at radius 1 is 1.20 bits per heavy atom. The Hall–Kier alpha value is -1.03. The molecule has 0 saturated carbocycles. The normalized spacial score (nSPS) is 12.4. The van der Waals surface area contributed by atoms with E-state index in [0.717, 1.165) is 16.9 Å². The van der Waals surface area contributed by atoms with Gasteiger partial charge in [-0.15, -0.1) is 0 Å². The van der Waals surface area contributed by atoms with Crippen LogP contribution < -0.4 is 5.73 Å². The summed E-state index contributed by atoms with van der Waals surface area (Å²) in [6.07, 6.45) is 1.56. The van der Waals surface area contributed by atoms with Crippen LogP contribution in [0, 0.1) is 5.82 Å². The van der Waals surface area contributed by atoms with Crippen LogP contribution in [-0.4, -0.2) is 6.04 Å². The van der Waals surface area contributed by atoms with Gasteiger partial charge in [-0.3, -0.25) is 0 Å².